The van der Waals surface area contributed by atoms with Gasteiger partial charge >= 0.3 is 6.18 Å². The highest BCUT2D eigenvalue weighted by molar-refractivity contribution is 6.11. The number of methoxy groups -OCH3 is 3. The second kappa shape index (κ2) is 11.2. The number of aromatic nitrogens is 2. The van der Waals surface area contributed by atoms with Gasteiger partial charge in [-0.1, -0.05) is 30.3 Å². The fraction of sp³-hybridized carbons (Fsp3) is 0.161. The van der Waals surface area contributed by atoms with Crippen LogP contribution in [0, 0.1) is 0 Å². The van der Waals surface area contributed by atoms with Crippen molar-refractivity contribution in [3.63, 3.8) is 0 Å². The fourth-order valence-corrected chi connectivity index (χ4v) is 4.62. The van der Waals surface area contributed by atoms with E-state index in [0.29, 0.717) is 45.3 Å². The number of hydrogen-bond acceptors (Lipinski definition) is 5. The molecule has 0 saturated carbocycles. The van der Waals surface area contributed by atoms with Crippen molar-refractivity contribution in [2.24, 2.45) is 0 Å². The van der Waals surface area contributed by atoms with Gasteiger partial charge < -0.3 is 24.5 Å². The Labute approximate surface area is 233 Å². The number of carbonyl (C=O) groups excluding carboxylic acids is 1. The van der Waals surface area contributed by atoms with E-state index >= 15 is 0 Å². The van der Waals surface area contributed by atoms with E-state index in [4.69, 9.17) is 19.2 Å². The average molecular weight is 562 g/mol. The number of H-pyrrole nitrogens is 1. The van der Waals surface area contributed by atoms with Crippen molar-refractivity contribution < 1.29 is 32.2 Å². The monoisotopic (exact) mass is 561 g/mol. The second-order valence-corrected chi connectivity index (χ2v) is 9.14. The van der Waals surface area contributed by atoms with Gasteiger partial charge in [-0.25, -0.2) is 4.98 Å². The Bertz CT molecular complexity index is 1730. The van der Waals surface area contributed by atoms with Crippen LogP contribution in [0.15, 0.2) is 72.8 Å². The standard InChI is InChI=1S/C31H26F3N3O4/c1-39-25-14-18(15-26(40-2)30(25)41-3)8-13-27(38)35-17-21-16-23-22-6-4-5-7-24(22)37-29(23)28(36-21)19-9-11-20(12-10-19)31(32,33)34/h4-16,37H,17H2,1-3H3,(H,35,38)/b13-8+. The molecule has 5 aromatic rings. The number of amides is 1. The Morgan fingerprint density at radius 1 is 0.927 bits per heavy atom. The van der Waals surface area contributed by atoms with Crippen molar-refractivity contribution in [3.05, 3.63) is 89.6 Å². The van der Waals surface area contributed by atoms with Gasteiger partial charge in [0.15, 0.2) is 11.5 Å². The zero-order valence-corrected chi connectivity index (χ0v) is 22.4. The number of carbonyl (C=O) groups is 1. The summed E-state index contributed by atoms with van der Waals surface area (Å²) in [6.45, 7) is 0.0987. The maximum atomic E-state index is 13.2. The number of benzene rings is 3. The molecule has 210 valence electrons. The number of hydrogen-bond donors (Lipinski definition) is 2. The quantitative estimate of drug-likeness (QED) is 0.205. The molecule has 0 fully saturated rings. The topological polar surface area (TPSA) is 85.5 Å². The molecule has 2 heterocycles. The lowest BCUT2D eigenvalue weighted by Crippen LogP contribution is -2.21. The number of nitrogens with zero attached hydrogens (tertiary/aromatic N) is 1. The number of nitrogens with one attached hydrogen (secondary N) is 2. The van der Waals surface area contributed by atoms with Crippen molar-refractivity contribution in [3.8, 4) is 28.5 Å². The number of aromatic amines is 1. The van der Waals surface area contributed by atoms with Crippen LogP contribution in [-0.4, -0.2) is 37.2 Å². The van der Waals surface area contributed by atoms with Crippen LogP contribution >= 0.6 is 0 Å². The molecule has 0 aliphatic rings. The molecule has 5 rings (SSSR count). The first-order chi connectivity index (χ1) is 19.7. The van der Waals surface area contributed by atoms with Crippen LogP contribution in [0.2, 0.25) is 0 Å². The van der Waals surface area contributed by atoms with E-state index in [2.05, 4.69) is 10.3 Å². The van der Waals surface area contributed by atoms with Gasteiger partial charge in [0.25, 0.3) is 0 Å². The van der Waals surface area contributed by atoms with E-state index in [1.807, 2.05) is 30.3 Å². The highest BCUT2D eigenvalue weighted by Gasteiger charge is 2.30. The highest BCUT2D eigenvalue weighted by atomic mass is 19.4. The Balaban J connectivity index is 1.43. The van der Waals surface area contributed by atoms with E-state index in [9.17, 15) is 18.0 Å². The maximum Gasteiger partial charge on any atom is 0.416 e. The maximum absolute atomic E-state index is 13.2. The summed E-state index contributed by atoms with van der Waals surface area (Å²) in [4.78, 5) is 20.8. The smallest absolute Gasteiger partial charge is 0.416 e. The zero-order valence-electron chi connectivity index (χ0n) is 22.4. The molecule has 7 nitrogen and oxygen atoms in total. The predicted octanol–water partition coefficient (Wildman–Crippen LogP) is 6.76. The van der Waals surface area contributed by atoms with Gasteiger partial charge in [0, 0.05) is 27.9 Å². The number of halogens is 3. The van der Waals surface area contributed by atoms with Crippen LogP contribution in [0.4, 0.5) is 13.2 Å². The molecule has 10 heteroatoms. The molecule has 0 bridgehead atoms. The molecule has 0 unspecified atom stereocenters. The lowest BCUT2D eigenvalue weighted by molar-refractivity contribution is -0.137. The van der Waals surface area contributed by atoms with Gasteiger partial charge in [0.05, 0.1) is 50.3 Å². The number of alkyl halides is 3. The van der Waals surface area contributed by atoms with Gasteiger partial charge in [0.1, 0.15) is 0 Å². The molecule has 2 aromatic heterocycles. The summed E-state index contributed by atoms with van der Waals surface area (Å²) in [7, 11) is 4.52. The molecule has 41 heavy (non-hydrogen) atoms. The third-order valence-electron chi connectivity index (χ3n) is 6.59. The van der Waals surface area contributed by atoms with Gasteiger partial charge in [-0.2, -0.15) is 13.2 Å². The molecular weight excluding hydrogens is 535 g/mol. The summed E-state index contributed by atoms with van der Waals surface area (Å²) in [5.41, 5.74) is 3.05. The number of pyridine rings is 1. The van der Waals surface area contributed by atoms with Crippen LogP contribution in [0.1, 0.15) is 16.8 Å². The Morgan fingerprint density at radius 3 is 2.24 bits per heavy atom. The number of fused-ring (bicyclic) bond motifs is 3. The minimum Gasteiger partial charge on any atom is -0.493 e. The SMILES string of the molecule is COc1cc(/C=C/C(=O)NCc2cc3c([nH]c4ccccc43)c(-c3ccc(C(F)(F)F)cc3)n2)cc(OC)c1OC. The summed E-state index contributed by atoms with van der Waals surface area (Å²) >= 11 is 0. The van der Waals surface area contributed by atoms with Crippen LogP contribution in [0.5, 0.6) is 17.2 Å². The first-order valence-corrected chi connectivity index (χ1v) is 12.6. The van der Waals surface area contributed by atoms with Crippen molar-refractivity contribution in [1.82, 2.24) is 15.3 Å². The van der Waals surface area contributed by atoms with Crippen LogP contribution < -0.4 is 19.5 Å². The minimum atomic E-state index is -4.44. The van der Waals surface area contributed by atoms with Crippen LogP contribution in [0.3, 0.4) is 0 Å². The van der Waals surface area contributed by atoms with Gasteiger partial charge in [-0.05, 0) is 48.0 Å². The first-order valence-electron chi connectivity index (χ1n) is 12.6. The average Bonchev–Trinajstić information content (AvgIpc) is 3.36. The third kappa shape index (κ3) is 5.67. The molecule has 0 saturated heterocycles. The largest absolute Gasteiger partial charge is 0.493 e. The van der Waals surface area contributed by atoms with Crippen LogP contribution in [-0.2, 0) is 17.5 Å². The van der Waals surface area contributed by atoms with Crippen molar-refractivity contribution >= 4 is 33.8 Å². The van der Waals surface area contributed by atoms with E-state index in [-0.39, 0.29) is 12.5 Å². The summed E-state index contributed by atoms with van der Waals surface area (Å²) < 4.78 is 55.5. The van der Waals surface area contributed by atoms with E-state index in [1.165, 1.54) is 39.5 Å². The van der Waals surface area contributed by atoms with Crippen molar-refractivity contribution in [2.45, 2.75) is 12.7 Å². The zero-order chi connectivity index (χ0) is 29.1. The van der Waals surface area contributed by atoms with E-state index < -0.39 is 11.7 Å². The summed E-state index contributed by atoms with van der Waals surface area (Å²) in [6.07, 6.45) is -1.45. The van der Waals surface area contributed by atoms with Gasteiger partial charge in [-0.3, -0.25) is 4.79 Å². The molecule has 0 aliphatic carbocycles. The third-order valence-corrected chi connectivity index (χ3v) is 6.59. The molecule has 2 N–H and O–H groups in total. The summed E-state index contributed by atoms with van der Waals surface area (Å²) in [6, 6.07) is 17.8. The number of para-hydroxylation sites is 1. The van der Waals surface area contributed by atoms with E-state index in [1.54, 1.807) is 18.2 Å². The molecule has 0 spiro atoms. The lowest BCUT2D eigenvalue weighted by Gasteiger charge is -2.12. The Hall–Kier alpha value is -4.99. The van der Waals surface area contributed by atoms with Gasteiger partial charge in [0.2, 0.25) is 11.7 Å². The molecule has 0 atom stereocenters. The number of rotatable bonds is 8. The Morgan fingerprint density at radius 2 is 1.61 bits per heavy atom. The Kier molecular flexibility index (Phi) is 7.56. The predicted molar refractivity (Wildman–Crippen MR) is 151 cm³/mol. The van der Waals surface area contributed by atoms with Crippen LogP contribution in [0.25, 0.3) is 39.1 Å². The highest BCUT2D eigenvalue weighted by Crippen LogP contribution is 2.39. The number of ether oxygens (including phenoxy) is 3. The van der Waals surface area contributed by atoms with Gasteiger partial charge in [-0.15, -0.1) is 0 Å². The van der Waals surface area contributed by atoms with Crippen molar-refractivity contribution in [1.29, 1.82) is 0 Å². The summed E-state index contributed by atoms with van der Waals surface area (Å²) in [5, 5.41) is 4.61. The molecule has 0 radical (unpaired) electrons. The fourth-order valence-electron chi connectivity index (χ4n) is 4.62. The molecule has 0 aliphatic heterocycles. The second-order valence-electron chi connectivity index (χ2n) is 9.14. The first kappa shape index (κ1) is 27.6. The lowest BCUT2D eigenvalue weighted by atomic mass is 10.0. The molecule has 3 aromatic carbocycles. The minimum absolute atomic E-state index is 0.0987. The molecular formula is C31H26F3N3O4. The van der Waals surface area contributed by atoms with E-state index in [0.717, 1.165) is 28.4 Å². The molecule has 1 amide bonds. The summed E-state index contributed by atoms with van der Waals surface area (Å²) in [5.74, 6) is 0.993. The van der Waals surface area contributed by atoms with Crippen molar-refractivity contribution in [2.75, 3.05) is 21.3 Å². The normalized spacial score (nSPS) is 11.8.